The molecule has 3 heteroatoms. The molecule has 0 radical (unpaired) electrons. The molecule has 1 atom stereocenters. The number of hydrogen-bond acceptors (Lipinski definition) is 1. The van der Waals surface area contributed by atoms with Crippen LogP contribution >= 0.6 is 0 Å². The van der Waals surface area contributed by atoms with E-state index in [9.17, 15) is 8.78 Å². The van der Waals surface area contributed by atoms with Crippen molar-refractivity contribution in [2.24, 2.45) is 5.92 Å². The molecule has 0 aliphatic carbocycles. The first-order valence-corrected chi connectivity index (χ1v) is 6.16. The molecule has 17 heavy (non-hydrogen) atoms. The fourth-order valence-electron chi connectivity index (χ4n) is 1.76. The van der Waals surface area contributed by atoms with E-state index >= 15 is 0 Å². The van der Waals surface area contributed by atoms with Crippen molar-refractivity contribution in [3.05, 3.63) is 35.4 Å². The second-order valence-corrected chi connectivity index (χ2v) is 4.95. The van der Waals surface area contributed by atoms with Crippen molar-refractivity contribution >= 4 is 0 Å². The quantitative estimate of drug-likeness (QED) is 0.749. The van der Waals surface area contributed by atoms with Crippen LogP contribution in [0.15, 0.2) is 18.2 Å². The lowest BCUT2D eigenvalue weighted by Gasteiger charge is -2.14. The van der Waals surface area contributed by atoms with E-state index in [1.165, 1.54) is 12.1 Å². The third-order valence-electron chi connectivity index (χ3n) is 2.80. The third-order valence-corrected chi connectivity index (χ3v) is 2.80. The van der Waals surface area contributed by atoms with E-state index in [1.807, 2.05) is 6.92 Å². The van der Waals surface area contributed by atoms with E-state index in [0.29, 0.717) is 11.5 Å². The van der Waals surface area contributed by atoms with Gasteiger partial charge in [-0.05, 0) is 55.1 Å². The van der Waals surface area contributed by atoms with E-state index in [0.717, 1.165) is 25.6 Å². The van der Waals surface area contributed by atoms with Gasteiger partial charge in [0, 0.05) is 0 Å². The highest BCUT2D eigenvalue weighted by Gasteiger charge is 2.11. The van der Waals surface area contributed by atoms with Crippen LogP contribution in [-0.4, -0.2) is 13.1 Å². The SMILES string of the molecule is CC(C)CNCCC(C)c1cc(F)ccc1F. The molecular weight excluding hydrogens is 220 g/mol. The minimum atomic E-state index is -0.372. The first-order valence-electron chi connectivity index (χ1n) is 6.16. The lowest BCUT2D eigenvalue weighted by Crippen LogP contribution is -2.22. The average molecular weight is 241 g/mol. The zero-order chi connectivity index (χ0) is 12.8. The molecule has 0 saturated heterocycles. The van der Waals surface area contributed by atoms with Crippen LogP contribution in [0.5, 0.6) is 0 Å². The summed E-state index contributed by atoms with van der Waals surface area (Å²) < 4.78 is 26.5. The molecule has 1 aromatic rings. The maximum atomic E-state index is 13.5. The number of halogens is 2. The van der Waals surface area contributed by atoms with E-state index in [2.05, 4.69) is 19.2 Å². The van der Waals surface area contributed by atoms with Crippen molar-refractivity contribution in [1.29, 1.82) is 0 Å². The summed E-state index contributed by atoms with van der Waals surface area (Å²) in [5.74, 6) is -0.0484. The van der Waals surface area contributed by atoms with Crippen molar-refractivity contribution < 1.29 is 8.78 Å². The largest absolute Gasteiger partial charge is 0.316 e. The fraction of sp³-hybridized carbons (Fsp3) is 0.571. The molecule has 0 heterocycles. The van der Waals surface area contributed by atoms with Gasteiger partial charge in [-0.15, -0.1) is 0 Å². The Bertz CT molecular complexity index is 350. The van der Waals surface area contributed by atoms with Crippen LogP contribution in [0.4, 0.5) is 8.78 Å². The molecule has 96 valence electrons. The summed E-state index contributed by atoms with van der Waals surface area (Å²) in [5, 5.41) is 3.30. The van der Waals surface area contributed by atoms with E-state index < -0.39 is 0 Å². The van der Waals surface area contributed by atoms with Gasteiger partial charge in [-0.1, -0.05) is 20.8 Å². The monoisotopic (exact) mass is 241 g/mol. The molecule has 0 amide bonds. The Labute approximate surface area is 102 Å². The number of rotatable bonds is 6. The van der Waals surface area contributed by atoms with Gasteiger partial charge in [0.2, 0.25) is 0 Å². The molecule has 0 aromatic heterocycles. The van der Waals surface area contributed by atoms with Crippen molar-refractivity contribution in [3.63, 3.8) is 0 Å². The van der Waals surface area contributed by atoms with E-state index in [-0.39, 0.29) is 17.6 Å². The van der Waals surface area contributed by atoms with Crippen LogP contribution in [0.1, 0.15) is 38.7 Å². The molecule has 0 aliphatic rings. The van der Waals surface area contributed by atoms with Crippen LogP contribution in [-0.2, 0) is 0 Å². The van der Waals surface area contributed by atoms with Gasteiger partial charge in [0.05, 0.1) is 0 Å². The van der Waals surface area contributed by atoms with E-state index in [1.54, 1.807) is 0 Å². The average Bonchev–Trinajstić information content (AvgIpc) is 2.27. The second kappa shape index (κ2) is 6.70. The molecule has 1 unspecified atom stereocenters. The van der Waals surface area contributed by atoms with Gasteiger partial charge in [0.1, 0.15) is 11.6 Å². The molecule has 0 fully saturated rings. The standard InChI is InChI=1S/C14H21F2N/c1-10(2)9-17-7-6-11(3)13-8-12(15)4-5-14(13)16/h4-5,8,10-11,17H,6-7,9H2,1-3H3. The predicted molar refractivity (Wildman–Crippen MR) is 67.1 cm³/mol. The lowest BCUT2D eigenvalue weighted by atomic mass is 9.97. The summed E-state index contributed by atoms with van der Waals surface area (Å²) in [6.07, 6.45) is 0.813. The summed E-state index contributed by atoms with van der Waals surface area (Å²) in [4.78, 5) is 0. The summed E-state index contributed by atoms with van der Waals surface area (Å²) in [6, 6.07) is 3.65. The molecule has 1 N–H and O–H groups in total. The van der Waals surface area contributed by atoms with Crippen LogP contribution in [0.2, 0.25) is 0 Å². The fourth-order valence-corrected chi connectivity index (χ4v) is 1.76. The number of benzene rings is 1. The number of nitrogens with one attached hydrogen (secondary N) is 1. The van der Waals surface area contributed by atoms with Gasteiger partial charge < -0.3 is 5.32 Å². The van der Waals surface area contributed by atoms with Crippen molar-refractivity contribution in [2.45, 2.75) is 33.1 Å². The third kappa shape index (κ3) is 4.82. The second-order valence-electron chi connectivity index (χ2n) is 4.95. The van der Waals surface area contributed by atoms with Crippen molar-refractivity contribution in [3.8, 4) is 0 Å². The summed E-state index contributed by atoms with van der Waals surface area (Å²) >= 11 is 0. The van der Waals surface area contributed by atoms with Crippen LogP contribution in [0, 0.1) is 17.6 Å². The molecule has 0 spiro atoms. The Morgan fingerprint density at radius 2 is 1.88 bits per heavy atom. The van der Waals surface area contributed by atoms with Crippen molar-refractivity contribution in [1.82, 2.24) is 5.32 Å². The van der Waals surface area contributed by atoms with Gasteiger partial charge in [0.15, 0.2) is 0 Å². The minimum Gasteiger partial charge on any atom is -0.316 e. The smallest absolute Gasteiger partial charge is 0.126 e. The lowest BCUT2D eigenvalue weighted by molar-refractivity contribution is 0.510. The Balaban J connectivity index is 2.46. The highest BCUT2D eigenvalue weighted by Crippen LogP contribution is 2.22. The summed E-state index contributed by atoms with van der Waals surface area (Å²) in [7, 11) is 0. The minimum absolute atomic E-state index is 0.0327. The van der Waals surface area contributed by atoms with Crippen LogP contribution < -0.4 is 5.32 Å². The van der Waals surface area contributed by atoms with Gasteiger partial charge >= 0.3 is 0 Å². The molecule has 1 aromatic carbocycles. The topological polar surface area (TPSA) is 12.0 Å². The Morgan fingerprint density at radius 3 is 2.53 bits per heavy atom. The number of hydrogen-bond donors (Lipinski definition) is 1. The van der Waals surface area contributed by atoms with Gasteiger partial charge in [-0.2, -0.15) is 0 Å². The Morgan fingerprint density at radius 1 is 1.18 bits per heavy atom. The Kier molecular flexibility index (Phi) is 5.56. The first-order chi connectivity index (χ1) is 8.00. The maximum absolute atomic E-state index is 13.5. The van der Waals surface area contributed by atoms with Crippen LogP contribution in [0.3, 0.4) is 0 Å². The molecular formula is C14H21F2N. The highest BCUT2D eigenvalue weighted by molar-refractivity contribution is 5.22. The molecule has 1 nitrogen and oxygen atoms in total. The van der Waals surface area contributed by atoms with Gasteiger partial charge in [-0.3, -0.25) is 0 Å². The molecule has 1 rings (SSSR count). The molecule has 0 bridgehead atoms. The van der Waals surface area contributed by atoms with Gasteiger partial charge in [0.25, 0.3) is 0 Å². The molecule has 0 saturated carbocycles. The Hall–Kier alpha value is -0.960. The first kappa shape index (κ1) is 14.1. The predicted octanol–water partition coefficient (Wildman–Crippen LogP) is 3.70. The van der Waals surface area contributed by atoms with E-state index in [4.69, 9.17) is 0 Å². The maximum Gasteiger partial charge on any atom is 0.126 e. The molecule has 0 aliphatic heterocycles. The van der Waals surface area contributed by atoms with Crippen LogP contribution in [0.25, 0.3) is 0 Å². The highest BCUT2D eigenvalue weighted by atomic mass is 19.1. The normalized spacial score (nSPS) is 13.1. The zero-order valence-corrected chi connectivity index (χ0v) is 10.8. The van der Waals surface area contributed by atoms with Gasteiger partial charge in [-0.25, -0.2) is 8.78 Å². The zero-order valence-electron chi connectivity index (χ0n) is 10.8. The summed E-state index contributed by atoms with van der Waals surface area (Å²) in [6.45, 7) is 7.99. The summed E-state index contributed by atoms with van der Waals surface area (Å²) in [5.41, 5.74) is 0.469. The van der Waals surface area contributed by atoms with Crippen molar-refractivity contribution in [2.75, 3.05) is 13.1 Å².